The van der Waals surface area contributed by atoms with Crippen LogP contribution in [0.1, 0.15) is 28.3 Å². The van der Waals surface area contributed by atoms with Gasteiger partial charge < -0.3 is 5.32 Å². The van der Waals surface area contributed by atoms with Crippen LogP contribution in [-0.2, 0) is 4.79 Å². The molecule has 0 aliphatic rings. The van der Waals surface area contributed by atoms with Gasteiger partial charge in [-0.2, -0.15) is 0 Å². The van der Waals surface area contributed by atoms with Crippen LogP contribution in [0.5, 0.6) is 0 Å². The van der Waals surface area contributed by atoms with E-state index in [-0.39, 0.29) is 11.9 Å². The number of benzene rings is 3. The Morgan fingerprint density at radius 2 is 1.59 bits per heavy atom. The first-order valence-corrected chi connectivity index (χ1v) is 9.33. The second kappa shape index (κ2) is 8.90. The zero-order valence-electron chi connectivity index (χ0n) is 14.8. The third-order valence-corrected chi connectivity index (χ3v) is 4.77. The summed E-state index contributed by atoms with van der Waals surface area (Å²) in [5.41, 5.74) is 3.96. The Balaban J connectivity index is 1.82. The fourth-order valence-corrected chi connectivity index (χ4v) is 3.23. The minimum absolute atomic E-state index is 0.199. The molecule has 0 bridgehead atoms. The van der Waals surface area contributed by atoms with Crippen molar-refractivity contribution in [3.8, 4) is 0 Å². The summed E-state index contributed by atoms with van der Waals surface area (Å²) in [7, 11) is 0. The van der Waals surface area contributed by atoms with Gasteiger partial charge in [0.1, 0.15) is 0 Å². The summed E-state index contributed by atoms with van der Waals surface area (Å²) in [6.45, 7) is 2.04. The summed E-state index contributed by atoms with van der Waals surface area (Å²) in [6, 6.07) is 23.0. The molecule has 0 heterocycles. The highest BCUT2D eigenvalue weighted by Crippen LogP contribution is 2.24. The molecule has 0 radical (unpaired) electrons. The van der Waals surface area contributed by atoms with E-state index in [4.69, 9.17) is 23.2 Å². The Labute approximate surface area is 169 Å². The third-order valence-electron chi connectivity index (χ3n) is 4.21. The molecule has 1 atom stereocenters. The fourth-order valence-electron chi connectivity index (χ4n) is 2.76. The van der Waals surface area contributed by atoms with Crippen LogP contribution < -0.4 is 5.32 Å². The smallest absolute Gasteiger partial charge is 0.244 e. The summed E-state index contributed by atoms with van der Waals surface area (Å²) in [5.74, 6) is -0.199. The van der Waals surface area contributed by atoms with Crippen LogP contribution in [0.2, 0.25) is 10.0 Å². The average molecular weight is 396 g/mol. The topological polar surface area (TPSA) is 29.1 Å². The molecular formula is C23H19Cl2NO. The number of carbonyl (C=O) groups is 1. The van der Waals surface area contributed by atoms with Crippen LogP contribution >= 0.6 is 23.2 Å². The molecule has 0 aromatic heterocycles. The molecule has 0 spiro atoms. The molecular weight excluding hydrogens is 377 g/mol. The summed E-state index contributed by atoms with van der Waals surface area (Å²) < 4.78 is 0. The molecule has 3 aromatic rings. The maximum absolute atomic E-state index is 12.6. The van der Waals surface area contributed by atoms with Crippen LogP contribution in [0, 0.1) is 6.92 Å². The Kier molecular flexibility index (Phi) is 6.33. The summed E-state index contributed by atoms with van der Waals surface area (Å²) >= 11 is 12.1. The van der Waals surface area contributed by atoms with E-state index in [1.165, 1.54) is 11.6 Å². The normalized spacial score (nSPS) is 12.1. The van der Waals surface area contributed by atoms with Crippen LogP contribution in [0.15, 0.2) is 78.9 Å². The van der Waals surface area contributed by atoms with Gasteiger partial charge in [-0.3, -0.25) is 4.79 Å². The highest BCUT2D eigenvalue weighted by atomic mass is 35.5. The Morgan fingerprint density at radius 1 is 0.926 bits per heavy atom. The minimum atomic E-state index is -0.232. The van der Waals surface area contributed by atoms with E-state index in [2.05, 4.69) is 5.32 Å². The minimum Gasteiger partial charge on any atom is -0.342 e. The molecule has 0 fully saturated rings. The van der Waals surface area contributed by atoms with Gasteiger partial charge in [-0.05, 0) is 41.8 Å². The lowest BCUT2D eigenvalue weighted by molar-refractivity contribution is -0.116. The van der Waals surface area contributed by atoms with Crippen LogP contribution in [0.3, 0.4) is 0 Å². The number of halogens is 2. The standard InChI is InChI=1S/C23H19Cl2NO/c1-16-7-9-19(10-8-16)23(18-5-3-2-4-6-18)26-22(27)14-12-17-11-13-20(24)15-21(17)25/h2-15,23H,1H3,(H,26,27)/b14-12+/t23-/m0/s1. The van der Waals surface area contributed by atoms with Gasteiger partial charge in [-0.25, -0.2) is 0 Å². The van der Waals surface area contributed by atoms with Crippen LogP contribution in [0.25, 0.3) is 6.08 Å². The van der Waals surface area contributed by atoms with Crippen molar-refractivity contribution in [3.05, 3.63) is 111 Å². The van der Waals surface area contributed by atoms with Crippen molar-refractivity contribution in [2.75, 3.05) is 0 Å². The highest BCUT2D eigenvalue weighted by Gasteiger charge is 2.15. The first-order chi connectivity index (χ1) is 13.0. The van der Waals surface area contributed by atoms with E-state index < -0.39 is 0 Å². The number of hydrogen-bond acceptors (Lipinski definition) is 1. The molecule has 0 aliphatic heterocycles. The largest absolute Gasteiger partial charge is 0.342 e. The lowest BCUT2D eigenvalue weighted by atomic mass is 9.98. The predicted octanol–water partition coefficient (Wildman–Crippen LogP) is 6.22. The number of rotatable bonds is 5. The molecule has 3 aromatic carbocycles. The molecule has 0 aliphatic carbocycles. The van der Waals surface area contributed by atoms with E-state index in [1.54, 1.807) is 24.3 Å². The van der Waals surface area contributed by atoms with Gasteiger partial charge in [0.25, 0.3) is 0 Å². The SMILES string of the molecule is Cc1ccc([C@@H](NC(=O)/C=C/c2ccc(Cl)cc2Cl)c2ccccc2)cc1. The van der Waals surface area contributed by atoms with Gasteiger partial charge in [0, 0.05) is 16.1 Å². The lowest BCUT2D eigenvalue weighted by Crippen LogP contribution is -2.27. The van der Waals surface area contributed by atoms with Gasteiger partial charge in [-0.15, -0.1) is 0 Å². The molecule has 0 saturated heterocycles. The molecule has 4 heteroatoms. The van der Waals surface area contributed by atoms with Gasteiger partial charge >= 0.3 is 0 Å². The maximum atomic E-state index is 12.6. The second-order valence-corrected chi connectivity index (χ2v) is 7.11. The highest BCUT2D eigenvalue weighted by molar-refractivity contribution is 6.35. The fraction of sp³-hybridized carbons (Fsp3) is 0.0870. The molecule has 1 N–H and O–H groups in total. The van der Waals surface area contributed by atoms with E-state index in [1.807, 2.05) is 61.5 Å². The predicted molar refractivity (Wildman–Crippen MR) is 113 cm³/mol. The molecule has 3 rings (SSSR count). The van der Waals surface area contributed by atoms with Crippen molar-refractivity contribution in [3.63, 3.8) is 0 Å². The third kappa shape index (κ3) is 5.22. The number of aryl methyl sites for hydroxylation is 1. The lowest BCUT2D eigenvalue weighted by Gasteiger charge is -2.19. The number of amides is 1. The molecule has 1 amide bonds. The van der Waals surface area contributed by atoms with E-state index >= 15 is 0 Å². The monoisotopic (exact) mass is 395 g/mol. The molecule has 136 valence electrons. The molecule has 0 unspecified atom stereocenters. The average Bonchev–Trinajstić information content (AvgIpc) is 2.67. The number of hydrogen-bond donors (Lipinski definition) is 1. The Morgan fingerprint density at radius 3 is 2.26 bits per heavy atom. The first-order valence-electron chi connectivity index (χ1n) is 8.58. The molecule has 2 nitrogen and oxygen atoms in total. The van der Waals surface area contributed by atoms with E-state index in [9.17, 15) is 4.79 Å². The van der Waals surface area contributed by atoms with E-state index in [0.717, 1.165) is 16.7 Å². The van der Waals surface area contributed by atoms with Gasteiger partial charge in [0.15, 0.2) is 0 Å². The summed E-state index contributed by atoms with van der Waals surface area (Å²) in [5, 5.41) is 4.14. The van der Waals surface area contributed by atoms with Gasteiger partial charge in [0.05, 0.1) is 6.04 Å². The van der Waals surface area contributed by atoms with Gasteiger partial charge in [-0.1, -0.05) is 89.4 Å². The Bertz CT molecular complexity index is 950. The maximum Gasteiger partial charge on any atom is 0.244 e. The quantitative estimate of drug-likeness (QED) is 0.510. The van der Waals surface area contributed by atoms with Gasteiger partial charge in [0.2, 0.25) is 5.91 Å². The van der Waals surface area contributed by atoms with E-state index in [0.29, 0.717) is 10.0 Å². The van der Waals surface area contributed by atoms with Crippen molar-refractivity contribution in [1.29, 1.82) is 0 Å². The zero-order chi connectivity index (χ0) is 19.2. The van der Waals surface area contributed by atoms with Crippen molar-refractivity contribution in [2.24, 2.45) is 0 Å². The summed E-state index contributed by atoms with van der Waals surface area (Å²) in [4.78, 5) is 12.6. The first kappa shape index (κ1) is 19.2. The number of nitrogens with one attached hydrogen (secondary N) is 1. The van der Waals surface area contributed by atoms with Crippen LogP contribution in [-0.4, -0.2) is 5.91 Å². The van der Waals surface area contributed by atoms with Crippen LogP contribution in [0.4, 0.5) is 0 Å². The van der Waals surface area contributed by atoms with Crippen molar-refractivity contribution < 1.29 is 4.79 Å². The number of carbonyl (C=O) groups excluding carboxylic acids is 1. The van der Waals surface area contributed by atoms with Crippen molar-refractivity contribution in [1.82, 2.24) is 5.32 Å². The second-order valence-electron chi connectivity index (χ2n) is 6.26. The molecule has 27 heavy (non-hydrogen) atoms. The summed E-state index contributed by atoms with van der Waals surface area (Å²) in [6.07, 6.45) is 3.17. The molecule has 0 saturated carbocycles. The Hall–Kier alpha value is -2.55. The van der Waals surface area contributed by atoms with Crippen molar-refractivity contribution >= 4 is 35.2 Å². The van der Waals surface area contributed by atoms with Crippen molar-refractivity contribution in [2.45, 2.75) is 13.0 Å². The zero-order valence-corrected chi connectivity index (χ0v) is 16.3.